The maximum absolute atomic E-state index is 7.25. The average molecular weight is 292 g/mol. The number of thiazole rings is 1. The number of nitrogens with zero attached hydrogens (tertiary/aromatic N) is 1. The van der Waals surface area contributed by atoms with Gasteiger partial charge in [-0.25, -0.2) is 4.98 Å². The van der Waals surface area contributed by atoms with Crippen molar-refractivity contribution >= 4 is 36.1 Å². The molecule has 0 radical (unpaired) electrons. The van der Waals surface area contributed by atoms with Gasteiger partial charge in [0.05, 0.1) is 16.4 Å². The van der Waals surface area contributed by atoms with Crippen LogP contribution in [-0.4, -0.2) is 19.5 Å². The molecular formula is C14H20N2OSSi. The highest BCUT2D eigenvalue weighted by molar-refractivity contribution is 7.20. The molecule has 0 saturated carbocycles. The van der Waals surface area contributed by atoms with Crippen molar-refractivity contribution in [3.63, 3.8) is 0 Å². The number of fused-ring (bicyclic) bond motifs is 1. The summed E-state index contributed by atoms with van der Waals surface area (Å²) in [5.41, 5.74) is 0.936. The first kappa shape index (κ1) is 14.2. The molecule has 0 fully saturated rings. The van der Waals surface area contributed by atoms with E-state index in [9.17, 15) is 0 Å². The number of nitrogens with one attached hydrogen (secondary N) is 1. The molecule has 0 spiro atoms. The van der Waals surface area contributed by atoms with Crippen molar-refractivity contribution in [2.75, 3.05) is 0 Å². The van der Waals surface area contributed by atoms with Crippen molar-refractivity contribution in [2.45, 2.75) is 38.9 Å². The first-order valence-corrected chi connectivity index (χ1v) is 10.1. The molecule has 5 heteroatoms. The van der Waals surface area contributed by atoms with Crippen LogP contribution in [0.3, 0.4) is 0 Å². The molecule has 3 nitrogen and oxygen atoms in total. The summed E-state index contributed by atoms with van der Waals surface area (Å²) in [5, 5.41) is 8.18. The van der Waals surface area contributed by atoms with Crippen LogP contribution >= 0.6 is 11.3 Å². The van der Waals surface area contributed by atoms with E-state index >= 15 is 0 Å². The van der Waals surface area contributed by atoms with E-state index < -0.39 is 8.32 Å². The smallest absolute Gasteiger partial charge is 0.250 e. The second kappa shape index (κ2) is 4.72. The molecular weight excluding hydrogens is 272 g/mol. The van der Waals surface area contributed by atoms with Gasteiger partial charge in [-0.3, -0.25) is 0 Å². The third kappa shape index (κ3) is 2.87. The van der Waals surface area contributed by atoms with Gasteiger partial charge in [-0.15, -0.1) is 11.3 Å². The third-order valence-corrected chi connectivity index (χ3v) is 9.00. The van der Waals surface area contributed by atoms with Gasteiger partial charge in [0, 0.05) is 0 Å². The molecule has 1 heterocycles. The fourth-order valence-corrected chi connectivity index (χ4v) is 3.34. The Bertz CT molecular complexity index is 613. The van der Waals surface area contributed by atoms with Gasteiger partial charge in [0.1, 0.15) is 10.8 Å². The van der Waals surface area contributed by atoms with E-state index in [1.54, 1.807) is 0 Å². The zero-order chi connectivity index (χ0) is 14.3. The van der Waals surface area contributed by atoms with E-state index in [1.807, 2.05) is 18.2 Å². The van der Waals surface area contributed by atoms with E-state index in [0.29, 0.717) is 0 Å². The molecule has 2 aromatic rings. The molecule has 1 N–H and O–H groups in total. The van der Waals surface area contributed by atoms with Gasteiger partial charge < -0.3 is 9.84 Å². The van der Waals surface area contributed by atoms with Gasteiger partial charge in [-0.2, -0.15) is 0 Å². The first-order chi connectivity index (χ1) is 8.73. The Balaban J connectivity index is 2.34. The fourth-order valence-electron chi connectivity index (χ4n) is 1.50. The number of rotatable bonds is 3. The molecule has 0 saturated heterocycles. The summed E-state index contributed by atoms with van der Waals surface area (Å²) < 4.78 is 7.36. The van der Waals surface area contributed by atoms with Gasteiger partial charge in [-0.1, -0.05) is 20.8 Å². The van der Waals surface area contributed by atoms with Crippen LogP contribution in [0.2, 0.25) is 18.1 Å². The van der Waals surface area contributed by atoms with Gasteiger partial charge in [0.2, 0.25) is 8.32 Å². The normalized spacial score (nSPS) is 12.7. The minimum Gasteiger partial charge on any atom is -0.543 e. The van der Waals surface area contributed by atoms with Crippen molar-refractivity contribution < 1.29 is 4.43 Å². The molecule has 0 amide bonds. The van der Waals surface area contributed by atoms with Crippen LogP contribution in [-0.2, 0) is 0 Å². The van der Waals surface area contributed by atoms with Crippen molar-refractivity contribution in [2.24, 2.45) is 0 Å². The minimum absolute atomic E-state index is 0.190. The summed E-state index contributed by atoms with van der Waals surface area (Å²) >= 11 is 1.53. The second-order valence-electron chi connectivity index (χ2n) is 6.19. The van der Waals surface area contributed by atoms with Crippen molar-refractivity contribution in [1.29, 1.82) is 5.41 Å². The zero-order valence-electron chi connectivity index (χ0n) is 12.1. The van der Waals surface area contributed by atoms with Crippen LogP contribution < -0.4 is 4.43 Å². The molecule has 0 atom stereocenters. The highest BCUT2D eigenvalue weighted by atomic mass is 32.1. The Morgan fingerprint density at radius 2 is 2.00 bits per heavy atom. The summed E-state index contributed by atoms with van der Waals surface area (Å²) in [4.78, 5) is 4.35. The zero-order valence-corrected chi connectivity index (χ0v) is 13.9. The fraction of sp³-hybridized carbons (Fsp3) is 0.429. The first-order valence-electron chi connectivity index (χ1n) is 6.33. The summed E-state index contributed by atoms with van der Waals surface area (Å²) in [6.07, 6.45) is 1.29. The number of aromatic nitrogens is 1. The van der Waals surface area contributed by atoms with Gasteiger partial charge in [0.15, 0.2) is 0 Å². The predicted molar refractivity (Wildman–Crippen MR) is 85.3 cm³/mol. The summed E-state index contributed by atoms with van der Waals surface area (Å²) in [6.45, 7) is 11.2. The third-order valence-electron chi connectivity index (χ3n) is 3.68. The lowest BCUT2D eigenvalue weighted by molar-refractivity contribution is 0.493. The topological polar surface area (TPSA) is 46.0 Å². The number of hydrogen-bond donors (Lipinski definition) is 1. The largest absolute Gasteiger partial charge is 0.543 e. The molecule has 19 heavy (non-hydrogen) atoms. The van der Waals surface area contributed by atoms with E-state index in [1.165, 1.54) is 17.6 Å². The predicted octanol–water partition coefficient (Wildman–Crippen LogP) is 4.68. The van der Waals surface area contributed by atoms with Gasteiger partial charge in [0.25, 0.3) is 0 Å². The lowest BCUT2D eigenvalue weighted by Gasteiger charge is -2.36. The highest BCUT2D eigenvalue weighted by Gasteiger charge is 2.38. The van der Waals surface area contributed by atoms with Crippen LogP contribution in [0.25, 0.3) is 10.2 Å². The molecule has 102 valence electrons. The van der Waals surface area contributed by atoms with Crippen molar-refractivity contribution in [3.8, 4) is 5.75 Å². The molecule has 1 aromatic carbocycles. The second-order valence-corrected chi connectivity index (χ2v) is 12.0. The maximum atomic E-state index is 7.25. The van der Waals surface area contributed by atoms with Crippen LogP contribution in [0.15, 0.2) is 18.2 Å². The van der Waals surface area contributed by atoms with Crippen LogP contribution in [0, 0.1) is 5.41 Å². The van der Waals surface area contributed by atoms with Gasteiger partial charge >= 0.3 is 0 Å². The number of benzene rings is 1. The van der Waals surface area contributed by atoms with Crippen molar-refractivity contribution in [1.82, 2.24) is 4.98 Å². The van der Waals surface area contributed by atoms with Gasteiger partial charge in [-0.05, 0) is 36.3 Å². The van der Waals surface area contributed by atoms with Crippen LogP contribution in [0.4, 0.5) is 0 Å². The highest BCUT2D eigenvalue weighted by Crippen LogP contribution is 2.38. The van der Waals surface area contributed by atoms with Crippen molar-refractivity contribution in [3.05, 3.63) is 23.2 Å². The summed E-state index contributed by atoms with van der Waals surface area (Å²) in [6, 6.07) is 6.00. The molecule has 0 aliphatic rings. The Labute approximate surface area is 119 Å². The standard InChI is InChI=1S/C14H20N2OSSi/c1-14(2,3)19(4,5)17-10-6-7-11-12(8-10)18-13(9-15)16-11/h6-9,15H,1-5H3. The number of hydrogen-bond acceptors (Lipinski definition) is 4. The molecule has 1 aromatic heterocycles. The average Bonchev–Trinajstić information content (AvgIpc) is 2.69. The van der Waals surface area contributed by atoms with Crippen LogP contribution in [0.5, 0.6) is 5.75 Å². The SMILES string of the molecule is CC(C)(C)[Si](C)(C)Oc1ccc2nc(C=N)sc2c1. The molecule has 0 unspecified atom stereocenters. The Morgan fingerprint density at radius 3 is 2.58 bits per heavy atom. The van der Waals surface area contributed by atoms with Crippen LogP contribution in [0.1, 0.15) is 25.8 Å². The lowest BCUT2D eigenvalue weighted by atomic mass is 10.2. The molecule has 0 aliphatic carbocycles. The molecule has 0 bridgehead atoms. The Hall–Kier alpha value is -1.20. The summed E-state index contributed by atoms with van der Waals surface area (Å²) in [5.74, 6) is 0.916. The molecule has 2 rings (SSSR count). The molecule has 0 aliphatic heterocycles. The quantitative estimate of drug-likeness (QED) is 0.659. The van der Waals surface area contributed by atoms with E-state index in [0.717, 1.165) is 21.0 Å². The maximum Gasteiger partial charge on any atom is 0.250 e. The summed E-state index contributed by atoms with van der Waals surface area (Å²) in [7, 11) is -1.80. The van der Waals surface area contributed by atoms with E-state index in [2.05, 4.69) is 38.8 Å². The Morgan fingerprint density at radius 1 is 1.32 bits per heavy atom. The van der Waals surface area contributed by atoms with E-state index in [4.69, 9.17) is 9.84 Å². The lowest BCUT2D eigenvalue weighted by Crippen LogP contribution is -2.43. The monoisotopic (exact) mass is 292 g/mol. The minimum atomic E-state index is -1.80. The Kier molecular flexibility index (Phi) is 3.53. The van der Waals surface area contributed by atoms with E-state index in [-0.39, 0.29) is 5.04 Å².